The first kappa shape index (κ1) is 17.9. The van der Waals surface area contributed by atoms with E-state index >= 15 is 0 Å². The van der Waals surface area contributed by atoms with E-state index in [1.807, 2.05) is 24.3 Å². The second-order valence-electron chi connectivity index (χ2n) is 5.58. The molecule has 0 radical (unpaired) electrons. The minimum Gasteiger partial charge on any atom is -0.486 e. The van der Waals surface area contributed by atoms with Crippen LogP contribution < -0.4 is 4.74 Å². The van der Waals surface area contributed by atoms with Crippen LogP contribution in [-0.4, -0.2) is 22.7 Å². The van der Waals surface area contributed by atoms with Crippen LogP contribution in [0.5, 0.6) is 5.75 Å². The zero-order chi connectivity index (χ0) is 17.2. The summed E-state index contributed by atoms with van der Waals surface area (Å²) in [6, 6.07) is 8.02. The minimum atomic E-state index is -0.716. The van der Waals surface area contributed by atoms with Crippen molar-refractivity contribution in [2.24, 2.45) is 0 Å². The van der Waals surface area contributed by atoms with Crippen molar-refractivity contribution in [2.45, 2.75) is 32.4 Å². The number of aromatic nitrogens is 2. The monoisotopic (exact) mass is 326 g/mol. The number of rotatable bonds is 9. The van der Waals surface area contributed by atoms with E-state index < -0.39 is 6.17 Å². The fraction of sp³-hybridized carbons (Fsp3) is 0.300. The highest BCUT2D eigenvalue weighted by Gasteiger charge is 2.02. The van der Waals surface area contributed by atoms with Gasteiger partial charge in [0.2, 0.25) is 0 Å². The first-order chi connectivity index (χ1) is 11.7. The van der Waals surface area contributed by atoms with Gasteiger partial charge in [-0.25, -0.2) is 14.4 Å². The number of allylic oxidation sites excluding steroid dienone is 1. The maximum Gasteiger partial charge on any atom is 0.159 e. The molecular formula is C20H23FN2O. The number of hydrogen-bond acceptors (Lipinski definition) is 3. The van der Waals surface area contributed by atoms with Gasteiger partial charge in [-0.3, -0.25) is 0 Å². The topological polar surface area (TPSA) is 35.0 Å². The lowest BCUT2D eigenvalue weighted by atomic mass is 10.1. The Kier molecular flexibility index (Phi) is 7.15. The Labute approximate surface area is 142 Å². The molecule has 1 heterocycles. The third kappa shape index (κ3) is 5.95. The van der Waals surface area contributed by atoms with Gasteiger partial charge in [-0.05, 0) is 31.7 Å². The zero-order valence-corrected chi connectivity index (χ0v) is 14.0. The van der Waals surface area contributed by atoms with Crippen LogP contribution in [-0.2, 0) is 0 Å². The van der Waals surface area contributed by atoms with Crippen LogP contribution in [0.2, 0.25) is 0 Å². The number of ether oxygens (including phenoxy) is 1. The Morgan fingerprint density at radius 2 is 1.92 bits per heavy atom. The number of nitrogens with zero attached hydrogens (tertiary/aromatic N) is 2. The Bertz CT molecular complexity index is 648. The van der Waals surface area contributed by atoms with Crippen molar-refractivity contribution in [3.63, 3.8) is 0 Å². The van der Waals surface area contributed by atoms with Crippen molar-refractivity contribution in [3.05, 3.63) is 61.0 Å². The van der Waals surface area contributed by atoms with E-state index in [0.29, 0.717) is 24.6 Å². The Morgan fingerprint density at radius 1 is 1.21 bits per heavy atom. The summed E-state index contributed by atoms with van der Waals surface area (Å²) in [7, 11) is 0. The van der Waals surface area contributed by atoms with Gasteiger partial charge >= 0.3 is 0 Å². The van der Waals surface area contributed by atoms with Gasteiger partial charge < -0.3 is 4.74 Å². The van der Waals surface area contributed by atoms with E-state index in [0.717, 1.165) is 24.0 Å². The van der Waals surface area contributed by atoms with E-state index in [1.165, 1.54) is 0 Å². The zero-order valence-electron chi connectivity index (χ0n) is 14.0. The maximum absolute atomic E-state index is 12.7. The molecular weight excluding hydrogens is 303 g/mol. The number of alkyl halides is 1. The fourth-order valence-electron chi connectivity index (χ4n) is 2.17. The second kappa shape index (κ2) is 9.60. The maximum atomic E-state index is 12.7. The normalized spacial score (nSPS) is 12.2. The first-order valence-electron chi connectivity index (χ1n) is 8.16. The molecule has 3 nitrogen and oxygen atoms in total. The third-order valence-corrected chi connectivity index (χ3v) is 3.45. The van der Waals surface area contributed by atoms with Crippen LogP contribution >= 0.6 is 0 Å². The molecule has 126 valence electrons. The van der Waals surface area contributed by atoms with Gasteiger partial charge in [0.05, 0.1) is 18.6 Å². The largest absolute Gasteiger partial charge is 0.486 e. The minimum absolute atomic E-state index is 0.438. The van der Waals surface area contributed by atoms with E-state index in [2.05, 4.69) is 28.7 Å². The summed E-state index contributed by atoms with van der Waals surface area (Å²) >= 11 is 0. The molecule has 0 bridgehead atoms. The molecule has 2 rings (SSSR count). The van der Waals surface area contributed by atoms with Crippen molar-refractivity contribution in [3.8, 4) is 17.1 Å². The Hall–Kier alpha value is -2.49. The predicted molar refractivity (Wildman–Crippen MR) is 96.6 cm³/mol. The molecule has 0 aliphatic rings. The van der Waals surface area contributed by atoms with Gasteiger partial charge in [-0.15, -0.1) is 0 Å². The number of benzene rings is 1. The van der Waals surface area contributed by atoms with Gasteiger partial charge in [-0.2, -0.15) is 0 Å². The number of unbranched alkanes of at least 4 members (excludes halogenated alkanes) is 1. The lowest BCUT2D eigenvalue weighted by molar-refractivity contribution is 0.335. The predicted octanol–water partition coefficient (Wildman–Crippen LogP) is 5.25. The highest BCUT2D eigenvalue weighted by atomic mass is 19.1. The molecule has 0 aliphatic carbocycles. The summed E-state index contributed by atoms with van der Waals surface area (Å²) in [4.78, 5) is 8.62. The van der Waals surface area contributed by atoms with E-state index in [4.69, 9.17) is 4.74 Å². The number of hydrogen-bond donors (Lipinski definition) is 0. The molecule has 2 aromatic rings. The highest BCUT2D eigenvalue weighted by Crippen LogP contribution is 2.18. The van der Waals surface area contributed by atoms with E-state index in [-0.39, 0.29) is 0 Å². The van der Waals surface area contributed by atoms with Crippen LogP contribution in [0.1, 0.15) is 31.7 Å². The summed E-state index contributed by atoms with van der Waals surface area (Å²) in [6.45, 7) is 5.64. The molecule has 1 atom stereocenters. The van der Waals surface area contributed by atoms with Gasteiger partial charge in [0, 0.05) is 5.56 Å². The van der Waals surface area contributed by atoms with Crippen molar-refractivity contribution in [2.75, 3.05) is 6.61 Å². The quantitative estimate of drug-likeness (QED) is 0.466. The van der Waals surface area contributed by atoms with Crippen molar-refractivity contribution in [1.82, 2.24) is 9.97 Å². The van der Waals surface area contributed by atoms with Gasteiger partial charge in [-0.1, -0.05) is 49.1 Å². The molecule has 0 saturated heterocycles. The lowest BCUT2D eigenvalue weighted by Gasteiger charge is -2.04. The van der Waals surface area contributed by atoms with Crippen molar-refractivity contribution in [1.29, 1.82) is 0 Å². The molecule has 4 heteroatoms. The van der Waals surface area contributed by atoms with Gasteiger partial charge in [0.1, 0.15) is 6.61 Å². The molecule has 0 aliphatic heterocycles. The van der Waals surface area contributed by atoms with Crippen molar-refractivity contribution >= 4 is 6.08 Å². The molecule has 0 fully saturated rings. The van der Waals surface area contributed by atoms with Crippen LogP contribution in [0.4, 0.5) is 4.39 Å². The fourth-order valence-corrected chi connectivity index (χ4v) is 2.17. The average molecular weight is 326 g/mol. The SMILES string of the molecule is C=CCOc1cnc(-c2ccc(/C=C/CCCC(C)F)cc2)nc1. The molecule has 0 N–H and O–H groups in total. The molecule has 24 heavy (non-hydrogen) atoms. The molecule has 1 aromatic carbocycles. The van der Waals surface area contributed by atoms with Crippen molar-refractivity contribution < 1.29 is 9.13 Å². The van der Waals surface area contributed by atoms with Gasteiger partial charge in [0.15, 0.2) is 11.6 Å². The molecule has 0 amide bonds. The van der Waals surface area contributed by atoms with Gasteiger partial charge in [0.25, 0.3) is 0 Å². The number of halogens is 1. The standard InChI is InChI=1S/C20H23FN2O/c1-3-13-24-19-14-22-20(23-15-19)18-11-9-17(10-12-18)8-6-4-5-7-16(2)21/h3,6,8-12,14-16H,1,4-5,7,13H2,2H3/b8-6+. The summed E-state index contributed by atoms with van der Waals surface area (Å²) in [5.74, 6) is 1.29. The molecule has 0 saturated carbocycles. The second-order valence-corrected chi connectivity index (χ2v) is 5.58. The van der Waals surface area contributed by atoms with Crippen LogP contribution in [0.3, 0.4) is 0 Å². The average Bonchev–Trinajstić information content (AvgIpc) is 2.60. The lowest BCUT2D eigenvalue weighted by Crippen LogP contribution is -1.95. The van der Waals surface area contributed by atoms with Crippen LogP contribution in [0.25, 0.3) is 17.5 Å². The first-order valence-corrected chi connectivity index (χ1v) is 8.16. The Morgan fingerprint density at radius 3 is 2.54 bits per heavy atom. The van der Waals surface area contributed by atoms with Crippen LogP contribution in [0, 0.1) is 0 Å². The molecule has 0 spiro atoms. The smallest absolute Gasteiger partial charge is 0.159 e. The highest BCUT2D eigenvalue weighted by molar-refractivity contribution is 5.59. The van der Waals surface area contributed by atoms with Crippen LogP contribution in [0.15, 0.2) is 55.4 Å². The summed E-state index contributed by atoms with van der Waals surface area (Å²) < 4.78 is 18.1. The summed E-state index contributed by atoms with van der Waals surface area (Å²) in [5.41, 5.74) is 2.06. The van der Waals surface area contributed by atoms with E-state index in [9.17, 15) is 4.39 Å². The molecule has 1 aromatic heterocycles. The summed E-state index contributed by atoms with van der Waals surface area (Å²) in [6.07, 6.45) is 10.8. The summed E-state index contributed by atoms with van der Waals surface area (Å²) in [5, 5.41) is 0. The third-order valence-electron chi connectivity index (χ3n) is 3.45. The Balaban J connectivity index is 1.91. The molecule has 1 unspecified atom stereocenters. The van der Waals surface area contributed by atoms with E-state index in [1.54, 1.807) is 25.4 Å².